The first kappa shape index (κ1) is 13.1. The van der Waals surface area contributed by atoms with E-state index in [0.29, 0.717) is 21.8 Å². The maximum absolute atomic E-state index is 12.0. The number of nitrogens with one attached hydrogen (secondary N) is 1. The Labute approximate surface area is 114 Å². The molecule has 0 aliphatic rings. The van der Waals surface area contributed by atoms with E-state index in [0.717, 1.165) is 0 Å². The number of nitrogen functional groups attached to an aromatic ring is 1. The molecule has 0 saturated carbocycles. The van der Waals surface area contributed by atoms with E-state index in [2.05, 4.69) is 10.1 Å². The van der Waals surface area contributed by atoms with Gasteiger partial charge in [-0.3, -0.25) is 4.79 Å². The summed E-state index contributed by atoms with van der Waals surface area (Å²) in [5, 5.41) is 4.86. The molecule has 0 bridgehead atoms. The number of hydrogen-bond donors (Lipinski definition) is 2. The predicted octanol–water partition coefficient (Wildman–Crippen LogP) is 2.37. The van der Waals surface area contributed by atoms with Gasteiger partial charge in [-0.15, -0.1) is 11.3 Å². The van der Waals surface area contributed by atoms with Crippen molar-refractivity contribution in [2.75, 3.05) is 18.2 Å². The Balaban J connectivity index is 2.17. The first-order valence-electron chi connectivity index (χ1n) is 5.44. The second kappa shape index (κ2) is 5.53. The molecule has 5 nitrogen and oxygen atoms in total. The van der Waals surface area contributed by atoms with Crippen LogP contribution in [0.3, 0.4) is 0 Å². The van der Waals surface area contributed by atoms with Gasteiger partial charge in [-0.2, -0.15) is 0 Å². The van der Waals surface area contributed by atoms with Gasteiger partial charge in [0.25, 0.3) is 5.91 Å². The average molecular weight is 276 g/mol. The summed E-state index contributed by atoms with van der Waals surface area (Å²) in [4.78, 5) is 23.5. The van der Waals surface area contributed by atoms with Gasteiger partial charge in [0.1, 0.15) is 5.00 Å². The molecule has 1 aromatic heterocycles. The molecule has 0 aliphatic heterocycles. The number of nitrogens with two attached hydrogens (primary N) is 1. The first-order valence-corrected chi connectivity index (χ1v) is 6.32. The zero-order valence-corrected chi connectivity index (χ0v) is 11.0. The molecule has 0 aliphatic carbocycles. The Morgan fingerprint density at radius 3 is 2.53 bits per heavy atom. The van der Waals surface area contributed by atoms with E-state index in [-0.39, 0.29) is 5.91 Å². The van der Waals surface area contributed by atoms with Gasteiger partial charge in [0.05, 0.1) is 12.7 Å². The summed E-state index contributed by atoms with van der Waals surface area (Å²) in [7, 11) is 1.30. The molecular weight excluding hydrogens is 264 g/mol. The Bertz CT molecular complexity index is 605. The van der Waals surface area contributed by atoms with Crippen LogP contribution in [0, 0.1) is 0 Å². The number of ether oxygens (including phenoxy) is 1. The highest BCUT2D eigenvalue weighted by Gasteiger charge is 2.15. The molecule has 3 N–H and O–H groups in total. The highest BCUT2D eigenvalue weighted by molar-refractivity contribution is 7.14. The molecule has 1 aromatic carbocycles. The number of rotatable bonds is 3. The summed E-state index contributed by atoms with van der Waals surface area (Å²) in [5.41, 5.74) is 6.95. The van der Waals surface area contributed by atoms with Crippen molar-refractivity contribution in [1.29, 1.82) is 0 Å². The van der Waals surface area contributed by atoms with Crippen LogP contribution in [0.15, 0.2) is 35.7 Å². The topological polar surface area (TPSA) is 81.4 Å². The average Bonchev–Trinajstić information content (AvgIpc) is 2.86. The number of hydrogen-bond acceptors (Lipinski definition) is 5. The van der Waals surface area contributed by atoms with Gasteiger partial charge in [0.15, 0.2) is 0 Å². The first-order chi connectivity index (χ1) is 9.11. The van der Waals surface area contributed by atoms with Crippen molar-refractivity contribution in [2.45, 2.75) is 0 Å². The Morgan fingerprint density at radius 2 is 1.89 bits per heavy atom. The third kappa shape index (κ3) is 2.92. The van der Waals surface area contributed by atoms with E-state index in [1.165, 1.54) is 18.4 Å². The van der Waals surface area contributed by atoms with Gasteiger partial charge in [0.2, 0.25) is 0 Å². The highest BCUT2D eigenvalue weighted by atomic mass is 32.1. The van der Waals surface area contributed by atoms with Crippen molar-refractivity contribution >= 4 is 33.9 Å². The molecule has 0 spiro atoms. The molecule has 2 aromatic rings. The lowest BCUT2D eigenvalue weighted by Gasteiger charge is -2.05. The lowest BCUT2D eigenvalue weighted by atomic mass is 10.2. The van der Waals surface area contributed by atoms with Crippen molar-refractivity contribution in [1.82, 2.24) is 0 Å². The molecule has 1 amide bonds. The minimum Gasteiger partial charge on any atom is -0.465 e. The largest absolute Gasteiger partial charge is 0.465 e. The third-order valence-corrected chi connectivity index (χ3v) is 3.30. The van der Waals surface area contributed by atoms with Crippen LogP contribution in [0.4, 0.5) is 10.7 Å². The number of thiophene rings is 1. The summed E-state index contributed by atoms with van der Waals surface area (Å²) in [6.45, 7) is 0. The molecule has 1 heterocycles. The van der Waals surface area contributed by atoms with Gasteiger partial charge in [0, 0.05) is 11.3 Å². The number of esters is 1. The Morgan fingerprint density at radius 1 is 1.21 bits per heavy atom. The fourth-order valence-electron chi connectivity index (χ4n) is 1.49. The molecule has 6 heteroatoms. The number of benzene rings is 1. The van der Waals surface area contributed by atoms with E-state index in [9.17, 15) is 9.59 Å². The molecule has 0 saturated heterocycles. The molecule has 0 unspecified atom stereocenters. The van der Waals surface area contributed by atoms with Gasteiger partial charge in [-0.05, 0) is 35.7 Å². The molecule has 0 radical (unpaired) electrons. The van der Waals surface area contributed by atoms with E-state index in [1.807, 2.05) is 0 Å². The van der Waals surface area contributed by atoms with Crippen molar-refractivity contribution in [3.8, 4) is 0 Å². The van der Waals surface area contributed by atoms with Crippen molar-refractivity contribution in [3.63, 3.8) is 0 Å². The standard InChI is InChI=1S/C13H12N2O3S/c1-18-13(17)10-6-7-19-12(10)15-11(16)8-2-4-9(14)5-3-8/h2-7H,14H2,1H3,(H,15,16). The SMILES string of the molecule is COC(=O)c1ccsc1NC(=O)c1ccc(N)cc1. The minimum absolute atomic E-state index is 0.299. The van der Waals surface area contributed by atoms with E-state index >= 15 is 0 Å². The van der Waals surface area contributed by atoms with Crippen molar-refractivity contribution in [3.05, 3.63) is 46.8 Å². The molecule has 0 atom stereocenters. The Kier molecular flexibility index (Phi) is 3.82. The van der Waals surface area contributed by atoms with Gasteiger partial charge >= 0.3 is 5.97 Å². The number of anilines is 2. The molecule has 19 heavy (non-hydrogen) atoms. The zero-order chi connectivity index (χ0) is 13.8. The molecule has 2 rings (SSSR count). The minimum atomic E-state index is -0.478. The Hall–Kier alpha value is -2.34. The number of carbonyl (C=O) groups excluding carboxylic acids is 2. The van der Waals surface area contributed by atoms with E-state index < -0.39 is 5.97 Å². The van der Waals surface area contributed by atoms with Crippen molar-refractivity contribution in [2.24, 2.45) is 0 Å². The second-order valence-electron chi connectivity index (χ2n) is 3.73. The summed E-state index contributed by atoms with van der Waals surface area (Å²) >= 11 is 1.26. The summed E-state index contributed by atoms with van der Waals surface area (Å²) in [6.07, 6.45) is 0. The van der Waals surface area contributed by atoms with Crippen LogP contribution in [0.1, 0.15) is 20.7 Å². The predicted molar refractivity (Wildman–Crippen MR) is 74.5 cm³/mol. The van der Waals surface area contributed by atoms with Gasteiger partial charge < -0.3 is 15.8 Å². The fraction of sp³-hybridized carbons (Fsp3) is 0.0769. The lowest BCUT2D eigenvalue weighted by molar-refractivity contribution is 0.0602. The van der Waals surface area contributed by atoms with Crippen LogP contribution in [0.5, 0.6) is 0 Å². The van der Waals surface area contributed by atoms with Crippen molar-refractivity contribution < 1.29 is 14.3 Å². The van der Waals surface area contributed by atoms with Gasteiger partial charge in [-0.1, -0.05) is 0 Å². The van der Waals surface area contributed by atoms with Crippen LogP contribution in [0.25, 0.3) is 0 Å². The molecule has 98 valence electrons. The van der Waals surface area contributed by atoms with Crippen LogP contribution < -0.4 is 11.1 Å². The van der Waals surface area contributed by atoms with E-state index in [1.54, 1.807) is 35.7 Å². The van der Waals surface area contributed by atoms with E-state index in [4.69, 9.17) is 5.73 Å². The maximum Gasteiger partial charge on any atom is 0.340 e. The van der Waals surface area contributed by atoms with Crippen LogP contribution >= 0.6 is 11.3 Å². The van der Waals surface area contributed by atoms with Crippen LogP contribution in [-0.2, 0) is 4.74 Å². The van der Waals surface area contributed by atoms with Gasteiger partial charge in [-0.25, -0.2) is 4.79 Å². The number of methoxy groups -OCH3 is 1. The lowest BCUT2D eigenvalue weighted by Crippen LogP contribution is -2.13. The maximum atomic E-state index is 12.0. The number of carbonyl (C=O) groups is 2. The smallest absolute Gasteiger partial charge is 0.340 e. The highest BCUT2D eigenvalue weighted by Crippen LogP contribution is 2.24. The molecular formula is C13H12N2O3S. The number of amides is 1. The monoisotopic (exact) mass is 276 g/mol. The summed E-state index contributed by atoms with van der Waals surface area (Å²) in [6, 6.07) is 8.14. The molecule has 0 fully saturated rings. The quantitative estimate of drug-likeness (QED) is 0.666. The fourth-order valence-corrected chi connectivity index (χ4v) is 2.26. The van der Waals surface area contributed by atoms with Crippen LogP contribution in [0.2, 0.25) is 0 Å². The summed E-state index contributed by atoms with van der Waals surface area (Å²) in [5.74, 6) is -0.776. The second-order valence-corrected chi connectivity index (χ2v) is 4.65. The third-order valence-electron chi connectivity index (χ3n) is 2.47. The zero-order valence-electron chi connectivity index (χ0n) is 10.2. The summed E-state index contributed by atoms with van der Waals surface area (Å²) < 4.78 is 4.64. The normalized spacial score (nSPS) is 9.95. The van der Waals surface area contributed by atoms with Crippen LogP contribution in [-0.4, -0.2) is 19.0 Å².